The first-order chi connectivity index (χ1) is 14.5. The topological polar surface area (TPSA) is 57.8 Å². The van der Waals surface area contributed by atoms with Crippen molar-refractivity contribution < 1.29 is 18.0 Å². The molecule has 3 aromatic rings. The molecule has 8 heteroatoms. The average Bonchev–Trinajstić information content (AvgIpc) is 3.26. The number of amides is 1. The zero-order chi connectivity index (χ0) is 22.7. The first kappa shape index (κ1) is 20.9. The third-order valence-corrected chi connectivity index (χ3v) is 6.77. The van der Waals surface area contributed by atoms with E-state index in [4.69, 9.17) is 0 Å². The minimum atomic E-state index is -4.48. The minimum absolute atomic E-state index is 0.149. The Morgan fingerprint density at radius 3 is 2.52 bits per heavy atom. The van der Waals surface area contributed by atoms with Crippen LogP contribution in [-0.4, -0.2) is 10.5 Å². The summed E-state index contributed by atoms with van der Waals surface area (Å²) in [6.45, 7) is 7.70. The molecular weight excluding hydrogens is 423 g/mol. The Hall–Kier alpha value is -3.31. The van der Waals surface area contributed by atoms with Crippen LogP contribution in [-0.2, 0) is 11.0 Å². The Morgan fingerprint density at radius 1 is 1.16 bits per heavy atom. The molecule has 0 unspecified atom stereocenters. The highest BCUT2D eigenvalue weighted by molar-refractivity contribution is 7.14. The van der Waals surface area contributed by atoms with Gasteiger partial charge in [0, 0.05) is 33.1 Å². The molecule has 1 aromatic carbocycles. The van der Waals surface area contributed by atoms with E-state index in [2.05, 4.69) is 11.4 Å². The summed E-state index contributed by atoms with van der Waals surface area (Å²) in [6.07, 6.45) is -2.79. The molecule has 1 aliphatic heterocycles. The number of halogens is 3. The number of aromatic nitrogens is 1. The van der Waals surface area contributed by atoms with Gasteiger partial charge >= 0.3 is 6.18 Å². The van der Waals surface area contributed by atoms with Gasteiger partial charge < -0.3 is 9.88 Å². The maximum absolute atomic E-state index is 13.0. The van der Waals surface area contributed by atoms with Crippen molar-refractivity contribution in [1.29, 1.82) is 5.26 Å². The van der Waals surface area contributed by atoms with Gasteiger partial charge in [-0.15, -0.1) is 11.3 Å². The van der Waals surface area contributed by atoms with Gasteiger partial charge in [-0.2, -0.15) is 18.4 Å². The SMILES string of the molecule is Cc1sc(-n2c(C)cc(/C=C3/C(=O)Nc4cc(C(F)(F)F)ccc43)c2C)c(C#N)c1C. The van der Waals surface area contributed by atoms with Gasteiger partial charge in [0.1, 0.15) is 11.1 Å². The predicted octanol–water partition coefficient (Wildman–Crippen LogP) is 6.16. The second-order valence-electron chi connectivity index (χ2n) is 7.51. The molecule has 1 amide bonds. The van der Waals surface area contributed by atoms with Gasteiger partial charge in [-0.3, -0.25) is 4.79 Å². The first-order valence-corrected chi connectivity index (χ1v) is 10.3. The van der Waals surface area contributed by atoms with E-state index in [-0.39, 0.29) is 5.69 Å². The molecule has 4 rings (SSSR count). The fraction of sp³-hybridized carbons (Fsp3) is 0.217. The molecule has 3 heterocycles. The smallest absolute Gasteiger partial charge is 0.321 e. The minimum Gasteiger partial charge on any atom is -0.321 e. The van der Waals surface area contributed by atoms with Crippen molar-refractivity contribution >= 4 is 34.6 Å². The van der Waals surface area contributed by atoms with E-state index in [0.29, 0.717) is 16.7 Å². The van der Waals surface area contributed by atoms with Crippen LogP contribution in [0.25, 0.3) is 16.7 Å². The summed E-state index contributed by atoms with van der Waals surface area (Å²) in [5, 5.41) is 13.0. The lowest BCUT2D eigenvalue weighted by molar-refractivity contribution is -0.137. The number of nitriles is 1. The molecule has 0 spiro atoms. The van der Waals surface area contributed by atoms with E-state index in [1.165, 1.54) is 17.4 Å². The third-order valence-electron chi connectivity index (χ3n) is 5.58. The number of nitrogens with zero attached hydrogens (tertiary/aromatic N) is 2. The quantitative estimate of drug-likeness (QED) is 0.485. The number of hydrogen-bond acceptors (Lipinski definition) is 3. The number of nitrogens with one attached hydrogen (secondary N) is 1. The molecule has 0 saturated carbocycles. The highest BCUT2D eigenvalue weighted by atomic mass is 32.1. The number of anilines is 1. The zero-order valence-electron chi connectivity index (χ0n) is 17.2. The van der Waals surface area contributed by atoms with Crippen molar-refractivity contribution in [3.05, 3.63) is 68.3 Å². The molecule has 0 fully saturated rings. The highest BCUT2D eigenvalue weighted by Gasteiger charge is 2.33. The van der Waals surface area contributed by atoms with Gasteiger partial charge in [-0.05, 0) is 63.1 Å². The summed E-state index contributed by atoms with van der Waals surface area (Å²) in [4.78, 5) is 13.6. The van der Waals surface area contributed by atoms with Crippen molar-refractivity contribution in [2.24, 2.45) is 0 Å². The largest absolute Gasteiger partial charge is 0.416 e. The van der Waals surface area contributed by atoms with Gasteiger partial charge in [-0.25, -0.2) is 0 Å². The maximum atomic E-state index is 13.0. The van der Waals surface area contributed by atoms with Crippen molar-refractivity contribution in [3.63, 3.8) is 0 Å². The van der Waals surface area contributed by atoms with Gasteiger partial charge in [0.05, 0.1) is 11.1 Å². The maximum Gasteiger partial charge on any atom is 0.416 e. The Kier molecular flexibility index (Phi) is 4.82. The number of thiophene rings is 1. The van der Waals surface area contributed by atoms with Crippen LogP contribution >= 0.6 is 11.3 Å². The number of carbonyl (C=O) groups excluding carboxylic acids is 1. The van der Waals surface area contributed by atoms with Crippen LogP contribution in [0, 0.1) is 39.0 Å². The monoisotopic (exact) mass is 441 g/mol. The lowest BCUT2D eigenvalue weighted by atomic mass is 10.0. The fourth-order valence-corrected chi connectivity index (χ4v) is 5.03. The second-order valence-corrected chi connectivity index (χ2v) is 8.71. The van der Waals surface area contributed by atoms with Gasteiger partial charge in [0.25, 0.3) is 5.91 Å². The van der Waals surface area contributed by atoms with E-state index >= 15 is 0 Å². The van der Waals surface area contributed by atoms with Crippen molar-refractivity contribution in [3.8, 4) is 11.1 Å². The van der Waals surface area contributed by atoms with E-state index in [1.54, 1.807) is 6.08 Å². The Morgan fingerprint density at radius 2 is 1.87 bits per heavy atom. The number of aryl methyl sites for hydroxylation is 2. The summed E-state index contributed by atoms with van der Waals surface area (Å²) in [5.41, 5.74) is 4.15. The molecule has 4 nitrogen and oxygen atoms in total. The summed E-state index contributed by atoms with van der Waals surface area (Å²) < 4.78 is 41.0. The molecule has 1 N–H and O–H groups in total. The summed E-state index contributed by atoms with van der Waals surface area (Å²) >= 11 is 1.53. The van der Waals surface area contributed by atoms with Crippen LogP contribution in [0.1, 0.15) is 44.1 Å². The third kappa shape index (κ3) is 3.35. The zero-order valence-corrected chi connectivity index (χ0v) is 18.0. The van der Waals surface area contributed by atoms with E-state index < -0.39 is 17.6 Å². The number of alkyl halides is 3. The van der Waals surface area contributed by atoms with E-state index in [9.17, 15) is 23.2 Å². The number of hydrogen-bond donors (Lipinski definition) is 1. The summed E-state index contributed by atoms with van der Waals surface area (Å²) in [6, 6.07) is 7.43. The number of carbonyl (C=O) groups is 1. The number of fused-ring (bicyclic) bond motifs is 1. The molecule has 0 aliphatic carbocycles. The standard InChI is InChI=1S/C23H18F3N3OS/c1-11-7-15(13(3)29(11)22-19(10-27)12(2)14(4)31-22)8-18-17-6-5-16(23(24,25)26)9-20(17)28-21(18)30/h5-9H,1-4H3,(H,28,30)/b18-8+. The van der Waals surface area contributed by atoms with Crippen LogP contribution in [0.4, 0.5) is 18.9 Å². The Labute approximate surface area is 181 Å². The fourth-order valence-electron chi connectivity index (χ4n) is 3.81. The lowest BCUT2D eigenvalue weighted by Gasteiger charge is -2.08. The Bertz CT molecular complexity index is 1320. The first-order valence-electron chi connectivity index (χ1n) is 9.47. The number of rotatable bonds is 2. The highest BCUT2D eigenvalue weighted by Crippen LogP contribution is 2.39. The molecule has 0 atom stereocenters. The van der Waals surface area contributed by atoms with Gasteiger partial charge in [0.15, 0.2) is 0 Å². The van der Waals surface area contributed by atoms with Crippen molar-refractivity contribution in [1.82, 2.24) is 4.57 Å². The number of benzene rings is 1. The normalized spacial score (nSPS) is 14.6. The van der Waals surface area contributed by atoms with Crippen LogP contribution in [0.2, 0.25) is 0 Å². The summed E-state index contributed by atoms with van der Waals surface area (Å²) in [5.74, 6) is -0.445. The van der Waals surface area contributed by atoms with Crippen LogP contribution in [0.3, 0.4) is 0 Å². The molecule has 0 radical (unpaired) electrons. The predicted molar refractivity (Wildman–Crippen MR) is 115 cm³/mol. The molecule has 1 aliphatic rings. The van der Waals surface area contributed by atoms with Crippen molar-refractivity contribution in [2.75, 3.05) is 5.32 Å². The van der Waals surface area contributed by atoms with Crippen LogP contribution in [0.15, 0.2) is 24.3 Å². The second kappa shape index (κ2) is 7.13. The molecule has 2 aromatic heterocycles. The summed E-state index contributed by atoms with van der Waals surface area (Å²) in [7, 11) is 0. The van der Waals surface area contributed by atoms with Gasteiger partial charge in [0.2, 0.25) is 0 Å². The molecule has 0 saturated heterocycles. The molecular formula is C23H18F3N3OS. The molecule has 31 heavy (non-hydrogen) atoms. The van der Waals surface area contributed by atoms with Crippen LogP contribution < -0.4 is 5.32 Å². The molecule has 158 valence electrons. The van der Waals surface area contributed by atoms with Crippen molar-refractivity contribution in [2.45, 2.75) is 33.9 Å². The Balaban J connectivity index is 1.82. The van der Waals surface area contributed by atoms with E-state index in [1.807, 2.05) is 38.3 Å². The van der Waals surface area contributed by atoms with E-state index in [0.717, 1.165) is 44.5 Å². The van der Waals surface area contributed by atoms with Crippen LogP contribution in [0.5, 0.6) is 0 Å². The average molecular weight is 441 g/mol. The lowest BCUT2D eigenvalue weighted by Crippen LogP contribution is -2.06. The molecule has 0 bridgehead atoms. The van der Waals surface area contributed by atoms with Gasteiger partial charge in [-0.1, -0.05) is 6.07 Å².